The minimum Gasteiger partial charge on any atom is -0.376 e. The molecule has 2 aromatic heterocycles. The summed E-state index contributed by atoms with van der Waals surface area (Å²) < 4.78 is 5.44. The smallest absolute Gasteiger partial charge is 0.243 e. The number of ether oxygens (including phenoxy) is 1. The molecule has 8 heteroatoms. The van der Waals surface area contributed by atoms with E-state index in [4.69, 9.17) is 4.74 Å². The van der Waals surface area contributed by atoms with Crippen molar-refractivity contribution < 1.29 is 9.53 Å². The second kappa shape index (κ2) is 6.40. The molecular weight excluding hydrogens is 272 g/mol. The van der Waals surface area contributed by atoms with Crippen LogP contribution in [-0.2, 0) is 16.1 Å². The van der Waals surface area contributed by atoms with E-state index in [1.54, 1.807) is 18.5 Å². The monoisotopic (exact) mass is 288 g/mol. The first-order valence-corrected chi connectivity index (χ1v) is 6.88. The maximum atomic E-state index is 11.8. The van der Waals surface area contributed by atoms with E-state index in [1.165, 1.54) is 4.80 Å². The summed E-state index contributed by atoms with van der Waals surface area (Å²) in [5, 5.41) is 14.8. The molecule has 0 bridgehead atoms. The SMILES string of the molecule is O=C(Cn1nnc(-c2cccnc2)n1)NC[C@H]1CCCO1. The Kier molecular flexibility index (Phi) is 4.15. The molecule has 0 spiro atoms. The zero-order valence-corrected chi connectivity index (χ0v) is 11.5. The highest BCUT2D eigenvalue weighted by atomic mass is 16.5. The minimum atomic E-state index is -0.152. The van der Waals surface area contributed by atoms with Gasteiger partial charge in [-0.25, -0.2) is 0 Å². The molecule has 110 valence electrons. The van der Waals surface area contributed by atoms with E-state index in [0.717, 1.165) is 25.0 Å². The van der Waals surface area contributed by atoms with E-state index >= 15 is 0 Å². The number of tetrazole rings is 1. The van der Waals surface area contributed by atoms with Crippen molar-refractivity contribution >= 4 is 5.91 Å². The second-order valence-corrected chi connectivity index (χ2v) is 4.82. The van der Waals surface area contributed by atoms with Gasteiger partial charge in [-0.1, -0.05) is 0 Å². The predicted octanol–water partition coefficient (Wildman–Crippen LogP) is 0.0303. The van der Waals surface area contributed by atoms with Crippen molar-refractivity contribution in [1.29, 1.82) is 0 Å². The Morgan fingerprint density at radius 2 is 2.48 bits per heavy atom. The number of amides is 1. The van der Waals surface area contributed by atoms with Crippen LogP contribution in [0.3, 0.4) is 0 Å². The lowest BCUT2D eigenvalue weighted by molar-refractivity contribution is -0.122. The quantitative estimate of drug-likeness (QED) is 0.834. The number of aromatic nitrogens is 5. The summed E-state index contributed by atoms with van der Waals surface area (Å²) in [6, 6.07) is 3.64. The summed E-state index contributed by atoms with van der Waals surface area (Å²) in [6.45, 7) is 1.35. The number of carbonyl (C=O) groups excluding carboxylic acids is 1. The Labute approximate surface area is 121 Å². The number of pyridine rings is 1. The van der Waals surface area contributed by atoms with E-state index in [-0.39, 0.29) is 18.6 Å². The molecule has 1 fully saturated rings. The van der Waals surface area contributed by atoms with Gasteiger partial charge in [0.05, 0.1) is 6.10 Å². The van der Waals surface area contributed by atoms with Crippen LogP contribution in [0.5, 0.6) is 0 Å². The van der Waals surface area contributed by atoms with E-state index < -0.39 is 0 Å². The van der Waals surface area contributed by atoms with Crippen LogP contribution in [0.1, 0.15) is 12.8 Å². The Hall–Kier alpha value is -2.35. The van der Waals surface area contributed by atoms with Gasteiger partial charge < -0.3 is 10.1 Å². The van der Waals surface area contributed by atoms with Crippen LogP contribution in [-0.4, -0.2) is 50.4 Å². The Morgan fingerprint density at radius 3 is 3.24 bits per heavy atom. The van der Waals surface area contributed by atoms with Gasteiger partial charge in [0.15, 0.2) is 0 Å². The number of carbonyl (C=O) groups is 1. The molecule has 8 nitrogen and oxygen atoms in total. The highest BCUT2D eigenvalue weighted by molar-refractivity contribution is 5.75. The van der Waals surface area contributed by atoms with Crippen LogP contribution in [0.2, 0.25) is 0 Å². The molecule has 0 unspecified atom stereocenters. The molecule has 1 atom stereocenters. The van der Waals surface area contributed by atoms with Gasteiger partial charge in [-0.15, -0.1) is 10.2 Å². The van der Waals surface area contributed by atoms with Gasteiger partial charge in [0, 0.05) is 31.1 Å². The summed E-state index contributed by atoms with van der Waals surface area (Å²) in [4.78, 5) is 17.1. The molecule has 1 amide bonds. The summed E-state index contributed by atoms with van der Waals surface area (Å²) >= 11 is 0. The van der Waals surface area contributed by atoms with E-state index in [2.05, 4.69) is 25.7 Å². The first kappa shape index (κ1) is 13.6. The second-order valence-electron chi connectivity index (χ2n) is 4.82. The molecular formula is C13H16N6O2. The fourth-order valence-corrected chi connectivity index (χ4v) is 2.14. The van der Waals surface area contributed by atoms with Crippen LogP contribution >= 0.6 is 0 Å². The van der Waals surface area contributed by atoms with Crippen molar-refractivity contribution in [2.45, 2.75) is 25.5 Å². The standard InChI is InChI=1S/C13H16N6O2/c20-12(15-8-11-4-2-6-21-11)9-19-17-13(16-18-19)10-3-1-5-14-7-10/h1,3,5,7,11H,2,4,6,8-9H2,(H,15,20)/t11-/m1/s1. The van der Waals surface area contributed by atoms with Gasteiger partial charge in [-0.2, -0.15) is 4.80 Å². The molecule has 1 N–H and O–H groups in total. The highest BCUT2D eigenvalue weighted by Gasteiger charge is 2.16. The largest absolute Gasteiger partial charge is 0.376 e. The van der Waals surface area contributed by atoms with Gasteiger partial charge in [-0.3, -0.25) is 9.78 Å². The van der Waals surface area contributed by atoms with Crippen LogP contribution in [0, 0.1) is 0 Å². The topological polar surface area (TPSA) is 94.8 Å². The zero-order chi connectivity index (χ0) is 14.5. The molecule has 2 aromatic rings. The average molecular weight is 288 g/mol. The molecule has 0 aliphatic carbocycles. The van der Waals surface area contributed by atoms with Gasteiger partial charge in [-0.05, 0) is 30.2 Å². The number of hydrogen-bond donors (Lipinski definition) is 1. The molecule has 1 saturated heterocycles. The van der Waals surface area contributed by atoms with Crippen molar-refractivity contribution in [2.75, 3.05) is 13.2 Å². The molecule has 1 aliphatic rings. The molecule has 0 radical (unpaired) electrons. The molecule has 1 aliphatic heterocycles. The molecule has 3 heterocycles. The van der Waals surface area contributed by atoms with Gasteiger partial charge in [0.25, 0.3) is 0 Å². The third-order valence-corrected chi connectivity index (χ3v) is 3.21. The van der Waals surface area contributed by atoms with E-state index in [1.807, 2.05) is 6.07 Å². The summed E-state index contributed by atoms with van der Waals surface area (Å²) in [7, 11) is 0. The zero-order valence-electron chi connectivity index (χ0n) is 11.5. The van der Waals surface area contributed by atoms with Crippen molar-refractivity contribution in [3.8, 4) is 11.4 Å². The Balaban J connectivity index is 1.53. The normalized spacial score (nSPS) is 17.8. The van der Waals surface area contributed by atoms with Crippen LogP contribution < -0.4 is 5.32 Å². The molecule has 21 heavy (non-hydrogen) atoms. The average Bonchev–Trinajstić information content (AvgIpc) is 3.17. The predicted molar refractivity (Wildman–Crippen MR) is 73.0 cm³/mol. The third kappa shape index (κ3) is 3.60. The summed E-state index contributed by atoms with van der Waals surface area (Å²) in [5.74, 6) is 0.302. The molecule has 0 aromatic carbocycles. The van der Waals surface area contributed by atoms with Crippen molar-refractivity contribution in [2.24, 2.45) is 0 Å². The van der Waals surface area contributed by atoms with Gasteiger partial charge >= 0.3 is 0 Å². The third-order valence-electron chi connectivity index (χ3n) is 3.21. The molecule has 0 saturated carbocycles. The van der Waals surface area contributed by atoms with E-state index in [0.29, 0.717) is 12.4 Å². The molecule has 3 rings (SSSR count). The lowest BCUT2D eigenvalue weighted by Crippen LogP contribution is -2.34. The minimum absolute atomic E-state index is 0.0416. The van der Waals surface area contributed by atoms with Crippen molar-refractivity contribution in [3.63, 3.8) is 0 Å². The van der Waals surface area contributed by atoms with Gasteiger partial charge in [0.2, 0.25) is 11.7 Å². The lowest BCUT2D eigenvalue weighted by atomic mass is 10.2. The van der Waals surface area contributed by atoms with Crippen LogP contribution in [0.4, 0.5) is 0 Å². The van der Waals surface area contributed by atoms with Crippen LogP contribution in [0.25, 0.3) is 11.4 Å². The summed E-state index contributed by atoms with van der Waals surface area (Å²) in [5.41, 5.74) is 0.767. The lowest BCUT2D eigenvalue weighted by Gasteiger charge is -2.09. The fraction of sp³-hybridized carbons (Fsp3) is 0.462. The van der Waals surface area contributed by atoms with Gasteiger partial charge in [0.1, 0.15) is 6.54 Å². The highest BCUT2D eigenvalue weighted by Crippen LogP contribution is 2.11. The number of rotatable bonds is 5. The van der Waals surface area contributed by atoms with Crippen LogP contribution in [0.15, 0.2) is 24.5 Å². The van der Waals surface area contributed by atoms with Crippen molar-refractivity contribution in [1.82, 2.24) is 30.5 Å². The maximum Gasteiger partial charge on any atom is 0.243 e. The fourth-order valence-electron chi connectivity index (χ4n) is 2.14. The number of nitrogens with zero attached hydrogens (tertiary/aromatic N) is 5. The van der Waals surface area contributed by atoms with E-state index in [9.17, 15) is 4.79 Å². The van der Waals surface area contributed by atoms with Crippen molar-refractivity contribution in [3.05, 3.63) is 24.5 Å². The Bertz CT molecular complexity index is 594. The first-order chi connectivity index (χ1) is 10.3. The summed E-state index contributed by atoms with van der Waals surface area (Å²) in [6.07, 6.45) is 5.50. The Morgan fingerprint density at radius 1 is 1.52 bits per heavy atom. The first-order valence-electron chi connectivity index (χ1n) is 6.88. The number of nitrogens with one attached hydrogen (secondary N) is 1. The maximum absolute atomic E-state index is 11.8. The number of hydrogen-bond acceptors (Lipinski definition) is 6.